The summed E-state index contributed by atoms with van der Waals surface area (Å²) in [5.41, 5.74) is 7.60. The summed E-state index contributed by atoms with van der Waals surface area (Å²) < 4.78 is 0. The van der Waals surface area contributed by atoms with Crippen LogP contribution in [0.2, 0.25) is 0 Å². The number of nitrogen functional groups attached to an aromatic ring is 1. The first kappa shape index (κ1) is 21.1. The first-order valence-electron chi connectivity index (χ1n) is 8.70. The molecule has 4 N–H and O–H groups in total. The first-order valence-corrected chi connectivity index (χ1v) is 10.9. The van der Waals surface area contributed by atoms with Crippen molar-refractivity contribution in [3.8, 4) is 0 Å². The third-order valence-corrected chi connectivity index (χ3v) is 6.15. The van der Waals surface area contributed by atoms with E-state index in [1.165, 1.54) is 12.6 Å². The van der Waals surface area contributed by atoms with Crippen LogP contribution in [-0.2, 0) is 6.42 Å². The van der Waals surface area contributed by atoms with E-state index in [1.54, 1.807) is 6.92 Å². The number of hydrogen-bond donors (Lipinski definition) is 3. The van der Waals surface area contributed by atoms with E-state index in [-0.39, 0.29) is 13.7 Å². The van der Waals surface area contributed by atoms with Crippen LogP contribution < -0.4 is 11.1 Å². The molecule has 1 aromatic rings. The van der Waals surface area contributed by atoms with Crippen molar-refractivity contribution in [2.24, 2.45) is 0 Å². The second-order valence-electron chi connectivity index (χ2n) is 7.20. The second-order valence-corrected chi connectivity index (χ2v) is 9.80. The normalized spacial score (nSPS) is 13.0. The van der Waals surface area contributed by atoms with Crippen LogP contribution in [0.3, 0.4) is 0 Å². The first-order chi connectivity index (χ1) is 11.2. The molecule has 0 bridgehead atoms. The summed E-state index contributed by atoms with van der Waals surface area (Å²) in [4.78, 5) is 11.5. The van der Waals surface area contributed by atoms with Crippen molar-refractivity contribution in [2.45, 2.75) is 45.6 Å². The number of nitrogens with one attached hydrogen (secondary N) is 1. The zero-order valence-corrected chi connectivity index (χ0v) is 16.5. The highest BCUT2D eigenvalue weighted by molar-refractivity contribution is 7.56. The highest BCUT2D eigenvalue weighted by atomic mass is 31.1. The van der Waals surface area contributed by atoms with Crippen LogP contribution in [0, 0.1) is 0 Å². The fourth-order valence-electron chi connectivity index (χ4n) is 2.47. The summed E-state index contributed by atoms with van der Waals surface area (Å²) in [6, 6.07) is 5.71. The number of benzene rings is 1. The lowest BCUT2D eigenvalue weighted by atomic mass is 10.0. The Labute approximate surface area is 148 Å². The summed E-state index contributed by atoms with van der Waals surface area (Å²) in [6.45, 7) is 9.56. The van der Waals surface area contributed by atoms with E-state index in [1.807, 2.05) is 32.0 Å². The van der Waals surface area contributed by atoms with Gasteiger partial charge in [-0.05, 0) is 89.8 Å². The molecule has 1 aromatic carbocycles. The van der Waals surface area contributed by atoms with Gasteiger partial charge in [0.25, 0.3) is 0 Å². The van der Waals surface area contributed by atoms with Crippen molar-refractivity contribution in [3.05, 3.63) is 29.3 Å². The summed E-state index contributed by atoms with van der Waals surface area (Å²) in [6.07, 6.45) is 5.35. The van der Waals surface area contributed by atoms with Crippen LogP contribution in [0.4, 0.5) is 5.69 Å². The number of aliphatic hydroxyl groups is 1. The Bertz CT molecular complexity index is 527. The maximum absolute atomic E-state index is 11.5. The molecule has 0 amide bonds. The number of rotatable bonds is 11. The van der Waals surface area contributed by atoms with Crippen molar-refractivity contribution in [2.75, 3.05) is 37.8 Å². The van der Waals surface area contributed by atoms with E-state index in [2.05, 4.69) is 12.0 Å². The molecule has 0 aromatic heterocycles. The Hall–Kier alpha value is -0.960. The Morgan fingerprint density at radius 3 is 2.62 bits per heavy atom. The molecule has 1 unspecified atom stereocenters. The molecule has 0 aliphatic heterocycles. The predicted octanol–water partition coefficient (Wildman–Crippen LogP) is 3.27. The second kappa shape index (κ2) is 10.1. The Morgan fingerprint density at radius 1 is 1.29 bits per heavy atom. The molecule has 0 radical (unpaired) electrons. The zero-order chi connectivity index (χ0) is 18.2. The number of carbonyl (C=O) groups is 1. The molecule has 1 rings (SSSR count). The number of hydrogen-bond acceptors (Lipinski definition) is 4. The van der Waals surface area contributed by atoms with Crippen molar-refractivity contribution in [3.63, 3.8) is 0 Å². The summed E-state index contributed by atoms with van der Waals surface area (Å²) in [7, 11) is 0.0237. The van der Waals surface area contributed by atoms with Gasteiger partial charge < -0.3 is 16.2 Å². The summed E-state index contributed by atoms with van der Waals surface area (Å²) in [5, 5.41) is 13.2. The number of carbonyl (C=O) groups excluding carboxylic acids is 1. The van der Waals surface area contributed by atoms with Crippen molar-refractivity contribution >= 4 is 19.4 Å². The molecule has 24 heavy (non-hydrogen) atoms. The lowest BCUT2D eigenvalue weighted by Crippen LogP contribution is -2.21. The van der Waals surface area contributed by atoms with Gasteiger partial charge in [0.05, 0.1) is 5.60 Å². The molecular formula is C19H33N2O2P. The highest BCUT2D eigenvalue weighted by Gasteiger charge is 2.13. The number of ketones is 1. The van der Waals surface area contributed by atoms with Gasteiger partial charge in [-0.1, -0.05) is 6.07 Å². The smallest absolute Gasteiger partial charge is 0.161 e. The largest absolute Gasteiger partial charge is 0.398 e. The molecule has 0 fully saturated rings. The Kier molecular flexibility index (Phi) is 8.90. The van der Waals surface area contributed by atoms with Gasteiger partial charge in [-0.15, -0.1) is 7.92 Å². The third-order valence-electron chi connectivity index (χ3n) is 4.09. The minimum atomic E-state index is -0.535. The number of nitrogens with two attached hydrogens (primary N) is 1. The minimum absolute atomic E-state index is 0.0182. The van der Waals surface area contributed by atoms with Gasteiger partial charge in [-0.2, -0.15) is 0 Å². The van der Waals surface area contributed by atoms with Crippen molar-refractivity contribution < 1.29 is 9.90 Å². The maximum atomic E-state index is 11.5. The monoisotopic (exact) mass is 352 g/mol. The van der Waals surface area contributed by atoms with Crippen LogP contribution in [0.5, 0.6) is 0 Å². The SMILES string of the molecule is CC(=O)c1cc(CCNCCCP(C)CCC(C)(C)O)ccc1N. The molecule has 0 aliphatic rings. The fourth-order valence-corrected chi connectivity index (χ4v) is 4.32. The number of Topliss-reactive ketones (excluding diaryl/α,β-unsaturated/α-hetero) is 1. The van der Waals surface area contributed by atoms with Crippen LogP contribution in [0.1, 0.15) is 49.5 Å². The zero-order valence-electron chi connectivity index (χ0n) is 15.6. The van der Waals surface area contributed by atoms with Gasteiger partial charge in [0.15, 0.2) is 5.78 Å². The molecular weight excluding hydrogens is 319 g/mol. The van der Waals surface area contributed by atoms with Gasteiger partial charge in [0.1, 0.15) is 0 Å². The Morgan fingerprint density at radius 2 is 2.00 bits per heavy atom. The van der Waals surface area contributed by atoms with Gasteiger partial charge in [-0.3, -0.25) is 4.79 Å². The molecule has 0 spiro atoms. The van der Waals surface area contributed by atoms with Crippen LogP contribution in [-0.4, -0.2) is 48.6 Å². The van der Waals surface area contributed by atoms with E-state index in [0.29, 0.717) is 11.3 Å². The van der Waals surface area contributed by atoms with E-state index in [4.69, 9.17) is 5.73 Å². The summed E-state index contributed by atoms with van der Waals surface area (Å²) in [5.74, 6) is 0.0182. The van der Waals surface area contributed by atoms with E-state index >= 15 is 0 Å². The van der Waals surface area contributed by atoms with Crippen molar-refractivity contribution in [1.29, 1.82) is 0 Å². The molecule has 0 heterocycles. The van der Waals surface area contributed by atoms with Gasteiger partial charge >= 0.3 is 0 Å². The lowest BCUT2D eigenvalue weighted by molar-refractivity contribution is 0.0774. The molecule has 1 atom stereocenters. The van der Waals surface area contributed by atoms with Gasteiger partial charge in [0.2, 0.25) is 0 Å². The van der Waals surface area contributed by atoms with Gasteiger partial charge in [-0.25, -0.2) is 0 Å². The summed E-state index contributed by atoms with van der Waals surface area (Å²) >= 11 is 0. The average Bonchev–Trinajstić information content (AvgIpc) is 2.49. The molecule has 4 nitrogen and oxygen atoms in total. The van der Waals surface area contributed by atoms with Gasteiger partial charge in [0, 0.05) is 11.3 Å². The van der Waals surface area contributed by atoms with Crippen molar-refractivity contribution in [1.82, 2.24) is 5.32 Å². The average molecular weight is 352 g/mol. The third kappa shape index (κ3) is 8.77. The predicted molar refractivity (Wildman–Crippen MR) is 106 cm³/mol. The quantitative estimate of drug-likeness (QED) is 0.247. The molecule has 0 aliphatic carbocycles. The van der Waals surface area contributed by atoms with E-state index in [9.17, 15) is 9.90 Å². The molecule has 5 heteroatoms. The lowest BCUT2D eigenvalue weighted by Gasteiger charge is -2.20. The van der Waals surface area contributed by atoms with Crippen LogP contribution >= 0.6 is 7.92 Å². The molecule has 0 saturated heterocycles. The standard InChI is InChI=1S/C19H33N2O2P/c1-15(22)17-14-16(6-7-18(17)20)8-11-21-10-5-12-24(4)13-9-19(2,3)23/h6-7,14,21,23H,5,8-13,20H2,1-4H3. The molecule has 136 valence electrons. The number of anilines is 1. The molecule has 0 saturated carbocycles. The minimum Gasteiger partial charge on any atom is -0.398 e. The fraction of sp³-hybridized carbons (Fsp3) is 0.632. The maximum Gasteiger partial charge on any atom is 0.161 e. The van der Waals surface area contributed by atoms with Crippen LogP contribution in [0.25, 0.3) is 0 Å². The van der Waals surface area contributed by atoms with E-state index in [0.717, 1.165) is 37.7 Å². The van der Waals surface area contributed by atoms with E-state index < -0.39 is 5.60 Å². The highest BCUT2D eigenvalue weighted by Crippen LogP contribution is 2.33. The van der Waals surface area contributed by atoms with Crippen LogP contribution in [0.15, 0.2) is 18.2 Å². The Balaban J connectivity index is 2.18. The topological polar surface area (TPSA) is 75.3 Å².